The molecule has 1 amide bonds. The largest absolute Gasteiger partial charge is 0.460 e. The van der Waals surface area contributed by atoms with E-state index in [9.17, 15) is 163 Å². The molecule has 1 atom stereocenters. The van der Waals surface area contributed by atoms with Crippen molar-refractivity contribution in [3.8, 4) is 0 Å². The maximum absolute atomic E-state index is 14.5. The molecule has 0 fully saturated rings. The molecule has 4 nitrogen and oxygen atoms in total. The molecule has 0 aromatic heterocycles. The highest BCUT2D eigenvalue weighted by atomic mass is 19.4. The van der Waals surface area contributed by atoms with Crippen molar-refractivity contribution >= 4 is 17.7 Å². The van der Waals surface area contributed by atoms with Gasteiger partial charge in [-0.05, 0) is 31.5 Å². The molecule has 1 unspecified atom stereocenters. The Bertz CT molecular complexity index is 2080. The predicted octanol–water partition coefficient (Wildman–Crippen LogP) is 13.2. The molecule has 0 aliphatic rings. The van der Waals surface area contributed by atoms with Gasteiger partial charge in [0, 0.05) is 18.0 Å². The summed E-state index contributed by atoms with van der Waals surface area (Å²) >= 11 is 0. The number of hydrogen-bond acceptors (Lipinski definition) is 3. The van der Waals surface area contributed by atoms with E-state index < -0.39 is 131 Å². The Balaban J connectivity index is 3.92. The number of nitrogens with zero attached hydrogens (tertiary/aromatic N) is 1. The molecule has 0 saturated heterocycles. The van der Waals surface area contributed by atoms with Gasteiger partial charge in [-0.25, -0.2) is 4.79 Å². The van der Waals surface area contributed by atoms with Gasteiger partial charge in [0.2, 0.25) is 6.08 Å². The Labute approximate surface area is 348 Å². The summed E-state index contributed by atoms with van der Waals surface area (Å²) in [5, 5.41) is 1.20. The third-order valence-electron chi connectivity index (χ3n) is 8.92. The fourth-order valence-corrected chi connectivity index (χ4v) is 4.81. The third-order valence-corrected chi connectivity index (χ3v) is 8.92. The number of rotatable bonds is 20. The van der Waals surface area contributed by atoms with Gasteiger partial charge in [-0.1, -0.05) is 6.07 Å². The predicted molar refractivity (Wildman–Crippen MR) is 146 cm³/mol. The first-order chi connectivity index (χ1) is 29.2. The second-order valence-corrected chi connectivity index (χ2v) is 13.6. The molecular formula is C29H13F35N2O2. The maximum Gasteiger partial charge on any atom is 0.460 e. The van der Waals surface area contributed by atoms with E-state index in [0.29, 0.717) is 6.07 Å². The quantitative estimate of drug-likeness (QED) is 0.0804. The van der Waals surface area contributed by atoms with Gasteiger partial charge >= 0.3 is 101 Å². The Morgan fingerprint density at radius 1 is 0.456 bits per heavy atom. The SMILES string of the molecule is Cc1ccc(N=C=O)cc1C(=O)NC(C)CC(F)(F)C(F)(F)C(F)(F)C(F)(F)C(F)(F)C(F)(F)C(F)(F)C(F)(F)C(F)(F)C(F)(F)C(F)(F)C(F)(F)C(F)(F)C(F)(F)C(F)(F)C(F)(F)C(F)(F)F. The monoisotopic (exact) mass is 1090 g/mol. The Morgan fingerprint density at radius 2 is 0.706 bits per heavy atom. The van der Waals surface area contributed by atoms with Gasteiger partial charge in [-0.2, -0.15) is 159 Å². The average molecular weight is 1090 g/mol. The molecule has 1 rings (SSSR count). The van der Waals surface area contributed by atoms with Crippen LogP contribution in [0, 0.1) is 6.92 Å². The van der Waals surface area contributed by atoms with Crippen molar-refractivity contribution in [3.63, 3.8) is 0 Å². The van der Waals surface area contributed by atoms with Crippen LogP contribution in [-0.4, -0.2) is 119 Å². The minimum Gasteiger partial charge on any atom is -0.349 e. The summed E-state index contributed by atoms with van der Waals surface area (Å²) in [6.45, 7) is 0.977. The van der Waals surface area contributed by atoms with Crippen molar-refractivity contribution in [2.75, 3.05) is 0 Å². The molecule has 1 N–H and O–H groups in total. The zero-order valence-corrected chi connectivity index (χ0v) is 31.0. The Kier molecular flexibility index (Phi) is 15.1. The van der Waals surface area contributed by atoms with Gasteiger partial charge in [-0.3, -0.25) is 4.79 Å². The fraction of sp³-hybridized carbons (Fsp3) is 0.724. The molecule has 1 aromatic carbocycles. The minimum atomic E-state index is -10.4. The highest BCUT2D eigenvalue weighted by molar-refractivity contribution is 5.96. The van der Waals surface area contributed by atoms with Crippen LogP contribution < -0.4 is 5.32 Å². The van der Waals surface area contributed by atoms with Crippen LogP contribution in [0.25, 0.3) is 0 Å². The van der Waals surface area contributed by atoms with Crippen LogP contribution in [0.5, 0.6) is 0 Å². The molecular weight excluding hydrogens is 1070 g/mol. The number of hydrogen-bond donors (Lipinski definition) is 1. The van der Waals surface area contributed by atoms with E-state index in [1.165, 1.54) is 5.32 Å². The van der Waals surface area contributed by atoms with Crippen molar-refractivity contribution in [1.29, 1.82) is 0 Å². The summed E-state index contributed by atoms with van der Waals surface area (Å²) in [5.74, 6) is -157. The van der Waals surface area contributed by atoms with Crippen LogP contribution in [0.2, 0.25) is 0 Å². The normalized spacial score (nSPS) is 16.4. The highest BCUT2D eigenvalue weighted by Crippen LogP contribution is 2.70. The first-order valence-electron chi connectivity index (χ1n) is 15.8. The standard InChI is InChI=1S/C29H13F35N2O2/c1-8-3-4-10(65-7-67)5-11(8)12(68)66-9(2)6-13(30,31)14(32,33)15(34,35)16(36,37)17(38,39)18(40,41)19(42,43)20(44,45)21(46,47)22(48,49)23(50,51)24(52,53)25(54,55)26(56,57)27(58,59)28(60,61)29(62,63)64/h3-5,9H,6H2,1-2H3,(H,66,68). The van der Waals surface area contributed by atoms with Crippen molar-refractivity contribution in [3.05, 3.63) is 29.3 Å². The van der Waals surface area contributed by atoms with Gasteiger partial charge in [0.15, 0.2) is 0 Å². The number of carbonyl (C=O) groups excluding carboxylic acids is 2. The van der Waals surface area contributed by atoms with Crippen LogP contribution in [0.4, 0.5) is 159 Å². The maximum atomic E-state index is 14.5. The lowest BCUT2D eigenvalue weighted by atomic mass is 9.82. The zero-order valence-electron chi connectivity index (χ0n) is 31.0. The van der Waals surface area contributed by atoms with E-state index in [1.54, 1.807) is 0 Å². The Morgan fingerprint density at radius 3 is 0.956 bits per heavy atom. The molecule has 68 heavy (non-hydrogen) atoms. The number of carbonyl (C=O) groups is 1. The van der Waals surface area contributed by atoms with E-state index in [-0.39, 0.29) is 12.5 Å². The zero-order chi connectivity index (χ0) is 55.3. The van der Waals surface area contributed by atoms with Gasteiger partial charge in [0.25, 0.3) is 5.91 Å². The number of alkyl halides is 35. The molecule has 0 saturated carbocycles. The lowest BCUT2D eigenvalue weighted by molar-refractivity contribution is -0.492. The van der Waals surface area contributed by atoms with Gasteiger partial charge in [-0.15, -0.1) is 0 Å². The van der Waals surface area contributed by atoms with E-state index in [2.05, 4.69) is 4.99 Å². The summed E-state index contributed by atoms with van der Waals surface area (Å²) in [4.78, 5) is 25.7. The van der Waals surface area contributed by atoms with Crippen LogP contribution in [-0.2, 0) is 4.79 Å². The van der Waals surface area contributed by atoms with E-state index >= 15 is 0 Å². The molecule has 0 aliphatic heterocycles. The summed E-state index contributed by atoms with van der Waals surface area (Å²) in [6.07, 6.45) is -10.9. The van der Waals surface area contributed by atoms with E-state index in [1.807, 2.05) is 0 Å². The number of aliphatic imine (C=N–C) groups is 1. The number of aryl methyl sites for hydroxylation is 1. The number of amides is 1. The molecule has 0 aliphatic carbocycles. The van der Waals surface area contributed by atoms with Crippen LogP contribution >= 0.6 is 0 Å². The molecule has 0 heterocycles. The average Bonchev–Trinajstić information content (AvgIpc) is 3.13. The van der Waals surface area contributed by atoms with Gasteiger partial charge in [0.05, 0.1) is 5.69 Å². The summed E-state index contributed by atoms with van der Waals surface area (Å²) in [6, 6.07) is -0.556. The summed E-state index contributed by atoms with van der Waals surface area (Å²) < 4.78 is 485. The minimum absolute atomic E-state index is 0.00994. The van der Waals surface area contributed by atoms with Gasteiger partial charge in [0.1, 0.15) is 0 Å². The molecule has 396 valence electrons. The van der Waals surface area contributed by atoms with Crippen LogP contribution in [0.1, 0.15) is 29.3 Å². The van der Waals surface area contributed by atoms with Crippen LogP contribution in [0.15, 0.2) is 23.2 Å². The summed E-state index contributed by atoms with van der Waals surface area (Å²) in [7, 11) is 0. The second-order valence-electron chi connectivity index (χ2n) is 13.6. The fourth-order valence-electron chi connectivity index (χ4n) is 4.81. The van der Waals surface area contributed by atoms with Crippen LogP contribution in [0.3, 0.4) is 0 Å². The first-order valence-corrected chi connectivity index (χ1v) is 15.8. The van der Waals surface area contributed by atoms with E-state index in [4.69, 9.17) is 0 Å². The summed E-state index contributed by atoms with van der Waals surface area (Å²) in [5.41, 5.74) is -1.59. The van der Waals surface area contributed by atoms with Crippen molar-refractivity contribution in [2.45, 2.75) is 127 Å². The van der Waals surface area contributed by atoms with Gasteiger partial charge < -0.3 is 5.32 Å². The third kappa shape index (κ3) is 7.96. The molecule has 0 bridgehead atoms. The molecule has 39 heteroatoms. The smallest absolute Gasteiger partial charge is 0.349 e. The highest BCUT2D eigenvalue weighted by Gasteiger charge is 3.02. The van der Waals surface area contributed by atoms with Crippen molar-refractivity contribution in [2.24, 2.45) is 4.99 Å². The van der Waals surface area contributed by atoms with Crippen molar-refractivity contribution in [1.82, 2.24) is 5.32 Å². The number of benzene rings is 1. The topological polar surface area (TPSA) is 58.5 Å². The molecule has 0 radical (unpaired) electrons. The molecule has 0 spiro atoms. The number of isocyanates is 1. The lowest BCUT2D eigenvalue weighted by Crippen LogP contribution is -2.80. The van der Waals surface area contributed by atoms with Crippen molar-refractivity contribution < 1.29 is 163 Å². The second kappa shape index (κ2) is 16.6. The van der Waals surface area contributed by atoms with E-state index in [0.717, 1.165) is 25.1 Å². The Hall–Kier alpha value is -4.38. The number of nitrogens with one attached hydrogen (secondary N) is 1. The first kappa shape index (κ1) is 61.6. The lowest BCUT2D eigenvalue weighted by Gasteiger charge is -2.47. The number of halogens is 35. The molecule has 1 aromatic rings.